The maximum absolute atomic E-state index is 5.60. The predicted octanol–water partition coefficient (Wildman–Crippen LogP) is 2.27. The Bertz CT molecular complexity index is 434. The maximum atomic E-state index is 5.60. The average Bonchev–Trinajstić information content (AvgIpc) is 2.65. The quantitative estimate of drug-likeness (QED) is 0.759. The third-order valence-electron chi connectivity index (χ3n) is 2.11. The van der Waals surface area contributed by atoms with Crippen molar-refractivity contribution in [1.29, 1.82) is 0 Å². The lowest BCUT2D eigenvalue weighted by molar-refractivity contribution is 0.415. The minimum Gasteiger partial charge on any atom is -0.497 e. The van der Waals surface area contributed by atoms with Crippen molar-refractivity contribution in [2.75, 3.05) is 12.8 Å². The number of rotatable bonds is 2. The number of aromatic nitrogens is 1. The number of nitrogens with two attached hydrogens (primary N) is 1. The molecule has 0 unspecified atom stereocenters. The molecule has 72 valence electrons. The summed E-state index contributed by atoms with van der Waals surface area (Å²) in [4.78, 5) is 2.94. The fraction of sp³-hybridized carbons (Fsp3) is 0.0909. The van der Waals surface area contributed by atoms with Crippen molar-refractivity contribution in [2.24, 2.45) is 0 Å². The van der Waals surface area contributed by atoms with E-state index in [1.165, 1.54) is 0 Å². The number of nitrogens with one attached hydrogen (secondary N) is 1. The number of H-pyrrole nitrogens is 1. The normalized spacial score (nSPS) is 10.1. The Hall–Kier alpha value is -1.90. The van der Waals surface area contributed by atoms with Gasteiger partial charge >= 0.3 is 0 Å². The van der Waals surface area contributed by atoms with Crippen molar-refractivity contribution in [3.05, 3.63) is 36.5 Å². The third-order valence-corrected chi connectivity index (χ3v) is 2.11. The minimum atomic E-state index is 0.669. The van der Waals surface area contributed by atoms with E-state index in [9.17, 15) is 0 Å². The van der Waals surface area contributed by atoms with E-state index < -0.39 is 0 Å². The number of anilines is 1. The first-order valence-electron chi connectivity index (χ1n) is 4.38. The second-order valence-corrected chi connectivity index (χ2v) is 3.08. The predicted molar refractivity (Wildman–Crippen MR) is 57.2 cm³/mol. The molecule has 3 N–H and O–H groups in total. The van der Waals surface area contributed by atoms with Crippen LogP contribution in [0.2, 0.25) is 0 Å². The Kier molecular flexibility index (Phi) is 2.14. The van der Waals surface area contributed by atoms with E-state index in [0.29, 0.717) is 5.82 Å². The van der Waals surface area contributed by atoms with Crippen LogP contribution in [-0.4, -0.2) is 12.1 Å². The van der Waals surface area contributed by atoms with Crippen molar-refractivity contribution in [1.82, 2.24) is 4.98 Å². The van der Waals surface area contributed by atoms with Gasteiger partial charge < -0.3 is 15.5 Å². The molecule has 0 radical (unpaired) electrons. The molecule has 0 amide bonds. The van der Waals surface area contributed by atoms with Gasteiger partial charge in [-0.05, 0) is 23.8 Å². The van der Waals surface area contributed by atoms with Gasteiger partial charge in [0.1, 0.15) is 11.6 Å². The zero-order valence-electron chi connectivity index (χ0n) is 7.95. The van der Waals surface area contributed by atoms with E-state index >= 15 is 0 Å². The average molecular weight is 188 g/mol. The summed E-state index contributed by atoms with van der Waals surface area (Å²) in [5.74, 6) is 1.52. The van der Waals surface area contributed by atoms with Crippen LogP contribution in [-0.2, 0) is 0 Å². The minimum absolute atomic E-state index is 0.669. The Labute approximate surface area is 82.5 Å². The molecule has 3 nitrogen and oxygen atoms in total. The van der Waals surface area contributed by atoms with Crippen LogP contribution < -0.4 is 10.5 Å². The van der Waals surface area contributed by atoms with Gasteiger partial charge in [0.25, 0.3) is 0 Å². The molecule has 0 atom stereocenters. The molecule has 1 aromatic carbocycles. The molecular formula is C11H12N2O. The van der Waals surface area contributed by atoms with E-state index in [-0.39, 0.29) is 0 Å². The third kappa shape index (κ3) is 1.57. The molecule has 0 saturated heterocycles. The second kappa shape index (κ2) is 3.46. The Morgan fingerprint density at radius 2 is 2.07 bits per heavy atom. The summed E-state index contributed by atoms with van der Waals surface area (Å²) in [6.07, 6.45) is 1.88. The fourth-order valence-corrected chi connectivity index (χ4v) is 1.38. The molecule has 0 aliphatic heterocycles. The van der Waals surface area contributed by atoms with Gasteiger partial charge in [-0.1, -0.05) is 12.1 Å². The molecule has 0 bridgehead atoms. The Morgan fingerprint density at radius 1 is 1.21 bits per heavy atom. The van der Waals surface area contributed by atoms with Crippen LogP contribution in [0.25, 0.3) is 11.1 Å². The summed E-state index contributed by atoms with van der Waals surface area (Å²) < 4.78 is 5.14. The topological polar surface area (TPSA) is 51.0 Å². The lowest BCUT2D eigenvalue weighted by Crippen LogP contribution is -1.82. The molecule has 1 aromatic heterocycles. The first-order valence-corrected chi connectivity index (χ1v) is 4.38. The number of methoxy groups -OCH3 is 1. The van der Waals surface area contributed by atoms with E-state index in [1.807, 2.05) is 36.5 Å². The van der Waals surface area contributed by atoms with Gasteiger partial charge in [-0.3, -0.25) is 0 Å². The van der Waals surface area contributed by atoms with Gasteiger partial charge in [0.05, 0.1) is 7.11 Å². The molecule has 1 heterocycles. The zero-order valence-corrected chi connectivity index (χ0v) is 7.95. The van der Waals surface area contributed by atoms with Crippen molar-refractivity contribution in [3.63, 3.8) is 0 Å². The van der Waals surface area contributed by atoms with Gasteiger partial charge in [-0.2, -0.15) is 0 Å². The lowest BCUT2D eigenvalue weighted by Gasteiger charge is -2.01. The van der Waals surface area contributed by atoms with Crippen molar-refractivity contribution in [2.45, 2.75) is 0 Å². The highest BCUT2D eigenvalue weighted by atomic mass is 16.5. The van der Waals surface area contributed by atoms with Crippen LogP contribution in [0.3, 0.4) is 0 Å². The molecule has 0 fully saturated rings. The molecule has 2 rings (SSSR count). The van der Waals surface area contributed by atoms with E-state index in [2.05, 4.69) is 4.98 Å². The van der Waals surface area contributed by atoms with Crippen LogP contribution in [0.5, 0.6) is 5.75 Å². The van der Waals surface area contributed by atoms with Crippen molar-refractivity contribution < 1.29 is 4.74 Å². The highest BCUT2D eigenvalue weighted by Crippen LogP contribution is 2.24. The second-order valence-electron chi connectivity index (χ2n) is 3.08. The molecule has 2 aromatic rings. The van der Waals surface area contributed by atoms with Crippen LogP contribution in [0.15, 0.2) is 36.5 Å². The van der Waals surface area contributed by atoms with Crippen molar-refractivity contribution in [3.8, 4) is 16.9 Å². The number of ether oxygens (including phenoxy) is 1. The van der Waals surface area contributed by atoms with Crippen LogP contribution in [0.1, 0.15) is 0 Å². The van der Waals surface area contributed by atoms with Gasteiger partial charge in [-0.25, -0.2) is 0 Å². The maximum Gasteiger partial charge on any atom is 0.119 e. The van der Waals surface area contributed by atoms with Crippen LogP contribution >= 0.6 is 0 Å². The number of hydrogen-bond acceptors (Lipinski definition) is 2. The number of benzene rings is 1. The largest absolute Gasteiger partial charge is 0.497 e. The SMILES string of the molecule is COc1cccc(-c2c[nH]c(N)c2)c1. The standard InChI is InChI=1S/C11H12N2O/c1-14-10-4-2-3-8(5-10)9-6-11(12)13-7-9/h2-7,13H,12H2,1H3. The number of nitrogen functional groups attached to an aromatic ring is 1. The zero-order chi connectivity index (χ0) is 9.97. The van der Waals surface area contributed by atoms with E-state index in [1.54, 1.807) is 7.11 Å². The molecule has 14 heavy (non-hydrogen) atoms. The number of hydrogen-bond donors (Lipinski definition) is 2. The Morgan fingerprint density at radius 3 is 2.71 bits per heavy atom. The molecular weight excluding hydrogens is 176 g/mol. The summed E-state index contributed by atoms with van der Waals surface area (Å²) in [5, 5.41) is 0. The first kappa shape index (κ1) is 8.69. The Balaban J connectivity index is 2.41. The first-order chi connectivity index (χ1) is 6.79. The highest BCUT2D eigenvalue weighted by molar-refractivity contribution is 5.67. The van der Waals surface area contributed by atoms with Crippen molar-refractivity contribution >= 4 is 5.82 Å². The molecule has 0 spiro atoms. The monoisotopic (exact) mass is 188 g/mol. The van der Waals surface area contributed by atoms with Crippen LogP contribution in [0, 0.1) is 0 Å². The number of aromatic amines is 1. The van der Waals surface area contributed by atoms with Gasteiger partial charge in [0, 0.05) is 11.8 Å². The highest BCUT2D eigenvalue weighted by Gasteiger charge is 2.00. The lowest BCUT2D eigenvalue weighted by atomic mass is 10.1. The molecule has 0 saturated carbocycles. The fourth-order valence-electron chi connectivity index (χ4n) is 1.38. The van der Waals surface area contributed by atoms with Gasteiger partial charge in [0.15, 0.2) is 0 Å². The van der Waals surface area contributed by atoms with Crippen LogP contribution in [0.4, 0.5) is 5.82 Å². The molecule has 3 heteroatoms. The summed E-state index contributed by atoms with van der Waals surface area (Å²) in [6, 6.07) is 9.76. The van der Waals surface area contributed by atoms with Gasteiger partial charge in [-0.15, -0.1) is 0 Å². The summed E-state index contributed by atoms with van der Waals surface area (Å²) >= 11 is 0. The summed E-state index contributed by atoms with van der Waals surface area (Å²) in [5.41, 5.74) is 7.77. The smallest absolute Gasteiger partial charge is 0.119 e. The van der Waals surface area contributed by atoms with E-state index in [4.69, 9.17) is 10.5 Å². The summed E-state index contributed by atoms with van der Waals surface area (Å²) in [6.45, 7) is 0. The van der Waals surface area contributed by atoms with E-state index in [0.717, 1.165) is 16.9 Å². The molecule has 0 aliphatic carbocycles. The summed E-state index contributed by atoms with van der Waals surface area (Å²) in [7, 11) is 1.66. The molecule has 0 aliphatic rings. The van der Waals surface area contributed by atoms with Gasteiger partial charge in [0.2, 0.25) is 0 Å².